The van der Waals surface area contributed by atoms with Crippen molar-refractivity contribution in [2.45, 2.75) is 147 Å². The number of piperidine rings is 1. The maximum atomic E-state index is 14.8. The first kappa shape index (κ1) is 90.1. The summed E-state index contributed by atoms with van der Waals surface area (Å²) in [5, 5.41) is 54.6. The summed E-state index contributed by atoms with van der Waals surface area (Å²) in [6, 6.07) is 6.50. The van der Waals surface area contributed by atoms with Crippen LogP contribution in [0.1, 0.15) is 90.5 Å². The summed E-state index contributed by atoms with van der Waals surface area (Å²) in [7, 11) is 0. The Labute approximate surface area is 660 Å². The molecule has 3 saturated heterocycles. The summed E-state index contributed by atoms with van der Waals surface area (Å²) in [5.41, 5.74) is 12.8. The molecule has 0 spiro atoms. The standard InChI is InChI=1S/C75H112N20O17S/c1-46(2)30-52(37-95-45-113-43-59(95)68(77)106)84-72(110)58(33-51-35-78-44-81-51)85-61(97)36-80-74(112)67(75(4,5)6)89-69(107)47(3)82-71(109)57(32-49-34-79-54-15-11-10-14-53(49)54)88-70(108)55(16-17-60(76)96)87-73(111)56(31-48-12-8-7-9-13-48)86-63(99)39-90-20-18-50(19-21-90)83-62(98)38-91-22-24-92(40-64(100)101)26-28-94(42-66(104)105)29-27-93(25-23-91)41-65(102)103/h7-15,34-35,44,46-47,50,52,55-59,67,79H,16-33,36-43,45H2,1-6H3,(H2,76,96)(H2,77,106)(H,78,81)(H,80,112)(H,82,109)(H,83,98)(H,84,110)(H,85,97)(H,86,99)(H,87,111)(H,88,108)(H,89,107)(H,100,101)(H,102,103)(H,104,105)/t47-,52-,55-,56+,57-,58-,59-,67+/m0/s1. The number of para-hydroxylation sites is 1. The minimum Gasteiger partial charge on any atom is -0.480 e. The zero-order valence-corrected chi connectivity index (χ0v) is 65.9. The van der Waals surface area contributed by atoms with Gasteiger partial charge in [0.1, 0.15) is 36.3 Å². The highest BCUT2D eigenvalue weighted by Gasteiger charge is 2.39. The molecule has 620 valence electrons. The highest BCUT2D eigenvalue weighted by molar-refractivity contribution is 7.99. The highest BCUT2D eigenvalue weighted by atomic mass is 32.2. The molecule has 4 aromatic rings. The molecule has 2 aromatic heterocycles. The molecule has 18 N–H and O–H groups in total. The number of thioether (sulfide) groups is 1. The molecule has 2 aromatic carbocycles. The lowest BCUT2D eigenvalue weighted by atomic mass is 9.86. The number of nitrogens with one attached hydrogen (secondary N) is 11. The molecule has 0 saturated carbocycles. The Bertz CT molecular complexity index is 3860. The van der Waals surface area contributed by atoms with E-state index in [2.05, 4.69) is 62.8 Å². The van der Waals surface area contributed by atoms with Crippen molar-refractivity contribution < 1.29 is 82.4 Å². The number of aromatic amines is 2. The molecule has 3 aliphatic heterocycles. The van der Waals surface area contributed by atoms with Gasteiger partial charge in [0.15, 0.2) is 0 Å². The molecule has 0 unspecified atom stereocenters. The number of hydrogen-bond acceptors (Lipinski definition) is 22. The second kappa shape index (κ2) is 44.4. The average molecular weight is 1600 g/mol. The lowest BCUT2D eigenvalue weighted by Crippen LogP contribution is -2.61. The number of imidazole rings is 1. The van der Waals surface area contributed by atoms with Gasteiger partial charge in [0, 0.05) is 150 Å². The predicted octanol–water partition coefficient (Wildman–Crippen LogP) is -3.28. The van der Waals surface area contributed by atoms with Crippen LogP contribution in [-0.4, -0.2) is 320 Å². The maximum absolute atomic E-state index is 14.8. The van der Waals surface area contributed by atoms with Crippen LogP contribution in [0.25, 0.3) is 10.9 Å². The van der Waals surface area contributed by atoms with E-state index in [9.17, 15) is 82.4 Å². The Kier molecular flexibility index (Phi) is 35.4. The second-order valence-electron chi connectivity index (χ2n) is 30.6. The number of H-pyrrole nitrogens is 2. The second-order valence-corrected chi connectivity index (χ2v) is 31.6. The number of nitrogens with zero attached hydrogens (tertiary/aromatic N) is 7. The third-order valence-electron chi connectivity index (χ3n) is 19.8. The van der Waals surface area contributed by atoms with E-state index < -0.39 is 144 Å². The smallest absolute Gasteiger partial charge is 0.317 e. The van der Waals surface area contributed by atoms with Gasteiger partial charge in [-0.1, -0.05) is 83.1 Å². The quantitative estimate of drug-likeness (QED) is 0.0208. The third-order valence-corrected chi connectivity index (χ3v) is 20.8. The highest BCUT2D eigenvalue weighted by Crippen LogP contribution is 2.24. The largest absolute Gasteiger partial charge is 0.480 e. The number of benzene rings is 2. The number of primary amides is 2. The van der Waals surface area contributed by atoms with Gasteiger partial charge >= 0.3 is 17.9 Å². The number of carboxylic acid groups (broad SMARTS) is 3. The summed E-state index contributed by atoms with van der Waals surface area (Å²) in [6.45, 7) is 11.4. The molecule has 3 fully saturated rings. The van der Waals surface area contributed by atoms with Gasteiger partial charge in [-0.15, -0.1) is 11.8 Å². The first-order chi connectivity index (χ1) is 53.6. The Morgan fingerprint density at radius 3 is 1.65 bits per heavy atom. The number of fused-ring (bicyclic) bond motifs is 1. The average Bonchev–Trinajstić information content (AvgIpc) is 1.73. The van der Waals surface area contributed by atoms with Crippen LogP contribution in [0.4, 0.5) is 0 Å². The maximum Gasteiger partial charge on any atom is 0.317 e. The molecule has 3 aliphatic rings. The number of carbonyl (C=O) groups is 14. The van der Waals surface area contributed by atoms with Crippen molar-refractivity contribution >= 4 is 106 Å². The van der Waals surface area contributed by atoms with Gasteiger partial charge in [-0.25, -0.2) is 4.98 Å². The number of rotatable bonds is 40. The SMILES string of the molecule is CC(C)C[C@@H](CN1CSC[C@H]1C(N)=O)NC(=O)[C@H](Cc1cnc[nH]1)NC(=O)CNC(=O)[C@@H](NC(=O)[C@H](C)NC(=O)[C@H](Cc1c[nH]c2ccccc12)NC(=O)[C@H](CCC(N)=O)NC(=O)[C@@H](Cc1ccccc1)NC(=O)CN1CCC(NC(=O)CN2CCN(CC(=O)O)CCN(CC(=O)O)CCN(CC(=O)O)CC2)CC1)C(C)(C)C. The number of hydrogen-bond donors (Lipinski definition) is 16. The normalized spacial score (nSPS) is 18.1. The Morgan fingerprint density at radius 1 is 0.566 bits per heavy atom. The lowest BCUT2D eigenvalue weighted by molar-refractivity contribution is -0.140. The summed E-state index contributed by atoms with van der Waals surface area (Å²) in [6.07, 6.45) is 5.01. The van der Waals surface area contributed by atoms with E-state index in [1.54, 1.807) is 108 Å². The number of aromatic nitrogens is 3. The van der Waals surface area contributed by atoms with E-state index in [-0.39, 0.29) is 129 Å². The molecule has 0 radical (unpaired) electrons. The Hall–Kier alpha value is -10.1. The number of carboxylic acids is 3. The topological polar surface area (TPSA) is 524 Å². The van der Waals surface area contributed by atoms with Gasteiger partial charge in [0.2, 0.25) is 65.0 Å². The zero-order valence-electron chi connectivity index (χ0n) is 65.0. The Morgan fingerprint density at radius 2 is 1.09 bits per heavy atom. The van der Waals surface area contributed by atoms with Crippen LogP contribution in [0.2, 0.25) is 0 Å². The number of carbonyl (C=O) groups excluding carboxylic acids is 11. The number of likely N-dealkylation sites (tertiary alicyclic amines) is 1. The van der Waals surface area contributed by atoms with Crippen molar-refractivity contribution in [3.63, 3.8) is 0 Å². The van der Waals surface area contributed by atoms with Crippen LogP contribution in [0.3, 0.4) is 0 Å². The van der Waals surface area contributed by atoms with Gasteiger partial charge in [-0.2, -0.15) is 0 Å². The molecule has 37 nitrogen and oxygen atoms in total. The van der Waals surface area contributed by atoms with Gasteiger partial charge in [0.05, 0.1) is 51.6 Å². The van der Waals surface area contributed by atoms with Crippen molar-refractivity contribution in [3.05, 3.63) is 90.1 Å². The third kappa shape index (κ3) is 31.1. The van der Waals surface area contributed by atoms with Crippen molar-refractivity contribution in [2.24, 2.45) is 22.8 Å². The van der Waals surface area contributed by atoms with Crippen molar-refractivity contribution in [1.82, 2.24) is 92.2 Å². The molecule has 113 heavy (non-hydrogen) atoms. The first-order valence-corrected chi connectivity index (χ1v) is 39.2. The molecule has 5 heterocycles. The number of aliphatic carboxylic acids is 3. The van der Waals surface area contributed by atoms with E-state index in [0.29, 0.717) is 78.3 Å². The fraction of sp³-hybridized carbons (Fsp3) is 0.587. The molecule has 7 rings (SSSR count). The van der Waals surface area contributed by atoms with Crippen LogP contribution < -0.4 is 59.3 Å². The molecule has 0 aliphatic carbocycles. The summed E-state index contributed by atoms with van der Waals surface area (Å²) in [4.78, 5) is 209. The van der Waals surface area contributed by atoms with Crippen molar-refractivity contribution in [1.29, 1.82) is 0 Å². The van der Waals surface area contributed by atoms with Gasteiger partial charge < -0.3 is 84.6 Å². The van der Waals surface area contributed by atoms with Crippen molar-refractivity contribution in [2.75, 3.05) is 123 Å². The van der Waals surface area contributed by atoms with Crippen LogP contribution in [0.15, 0.2) is 73.3 Å². The summed E-state index contributed by atoms with van der Waals surface area (Å²) < 4.78 is 0. The molecule has 11 amide bonds. The monoisotopic (exact) mass is 1600 g/mol. The van der Waals surface area contributed by atoms with Crippen LogP contribution in [0, 0.1) is 11.3 Å². The Balaban J connectivity index is 0.980. The van der Waals surface area contributed by atoms with Crippen LogP contribution in [-0.2, 0) is 86.4 Å². The molecular formula is C75H112N20O17S. The van der Waals surface area contributed by atoms with Crippen LogP contribution >= 0.6 is 11.8 Å². The summed E-state index contributed by atoms with van der Waals surface area (Å²) >= 11 is 1.56. The molecule has 0 bridgehead atoms. The first-order valence-electron chi connectivity index (χ1n) is 38.0. The molecule has 8 atom stereocenters. The fourth-order valence-corrected chi connectivity index (χ4v) is 15.0. The van der Waals surface area contributed by atoms with Gasteiger partial charge in [-0.05, 0) is 61.1 Å². The van der Waals surface area contributed by atoms with Crippen molar-refractivity contribution in [3.8, 4) is 0 Å². The molecule has 38 heteroatoms. The van der Waals surface area contributed by atoms with E-state index in [1.807, 2.05) is 28.5 Å². The van der Waals surface area contributed by atoms with Gasteiger partial charge in [0.25, 0.3) is 0 Å². The minimum atomic E-state index is -1.54. The van der Waals surface area contributed by atoms with E-state index in [0.717, 1.165) is 0 Å². The van der Waals surface area contributed by atoms with Gasteiger partial charge in [-0.3, -0.25) is 96.5 Å². The van der Waals surface area contributed by atoms with E-state index >= 15 is 0 Å². The summed E-state index contributed by atoms with van der Waals surface area (Å²) in [5.74, 6) is -9.69. The molecular weight excluding hydrogens is 1490 g/mol. The van der Waals surface area contributed by atoms with E-state index in [4.69, 9.17) is 11.5 Å². The fourth-order valence-electron chi connectivity index (χ4n) is 13.7. The lowest BCUT2D eigenvalue weighted by Gasteiger charge is -2.34. The van der Waals surface area contributed by atoms with E-state index in [1.165, 1.54) is 19.4 Å². The predicted molar refractivity (Wildman–Crippen MR) is 417 cm³/mol. The zero-order chi connectivity index (χ0) is 82.5. The minimum absolute atomic E-state index is 0.000513. The van der Waals surface area contributed by atoms with Crippen LogP contribution in [0.5, 0.6) is 0 Å². The number of nitrogens with two attached hydrogens (primary N) is 2. The number of amides is 11.